The molecule has 0 fully saturated rings. The number of fused-ring (bicyclic) bond motifs is 1. The maximum absolute atomic E-state index is 12.9. The zero-order chi connectivity index (χ0) is 20.8. The fourth-order valence-electron chi connectivity index (χ4n) is 3.31. The highest BCUT2D eigenvalue weighted by atomic mass is 16.5. The number of rotatable bonds is 8. The molecule has 2 aromatic carbocycles. The Morgan fingerprint density at radius 1 is 1.14 bits per heavy atom. The summed E-state index contributed by atoms with van der Waals surface area (Å²) in [5.74, 6) is 0.0561. The summed E-state index contributed by atoms with van der Waals surface area (Å²) in [5, 5.41) is 3.55. The zero-order valence-electron chi connectivity index (χ0n) is 16.9. The number of amides is 1. The summed E-state index contributed by atoms with van der Waals surface area (Å²) in [5.41, 5.74) is 2.07. The highest BCUT2D eigenvalue weighted by Gasteiger charge is 2.24. The highest BCUT2D eigenvalue weighted by molar-refractivity contribution is 6.07. The third kappa shape index (κ3) is 4.77. The van der Waals surface area contributed by atoms with Crippen LogP contribution >= 0.6 is 0 Å². The summed E-state index contributed by atoms with van der Waals surface area (Å²) in [4.78, 5) is 25.3. The minimum Gasteiger partial charge on any atom is -0.497 e. The molecule has 1 heterocycles. The lowest BCUT2D eigenvalue weighted by atomic mass is 9.99. The number of benzene rings is 2. The third-order valence-corrected chi connectivity index (χ3v) is 4.75. The van der Waals surface area contributed by atoms with Gasteiger partial charge in [-0.3, -0.25) is 9.59 Å². The van der Waals surface area contributed by atoms with E-state index in [-0.39, 0.29) is 18.4 Å². The molecule has 1 aromatic heterocycles. The van der Waals surface area contributed by atoms with Crippen LogP contribution in [0.2, 0.25) is 0 Å². The molecule has 3 rings (SSSR count). The predicted octanol–water partition coefficient (Wildman–Crippen LogP) is 3.90. The molecule has 29 heavy (non-hydrogen) atoms. The molecule has 0 aliphatic rings. The van der Waals surface area contributed by atoms with Crippen molar-refractivity contribution in [3.63, 3.8) is 0 Å². The van der Waals surface area contributed by atoms with Gasteiger partial charge in [0, 0.05) is 11.9 Å². The molecule has 152 valence electrons. The largest absolute Gasteiger partial charge is 0.497 e. The summed E-state index contributed by atoms with van der Waals surface area (Å²) in [6.07, 6.45) is 0.485. The summed E-state index contributed by atoms with van der Waals surface area (Å²) in [6, 6.07) is 15.0. The zero-order valence-corrected chi connectivity index (χ0v) is 16.9. The fourth-order valence-corrected chi connectivity index (χ4v) is 3.31. The van der Waals surface area contributed by atoms with Crippen molar-refractivity contribution in [1.82, 2.24) is 5.32 Å². The van der Waals surface area contributed by atoms with E-state index in [1.165, 1.54) is 0 Å². The Morgan fingerprint density at radius 3 is 2.59 bits per heavy atom. The molecule has 0 unspecified atom stereocenters. The van der Waals surface area contributed by atoms with Crippen LogP contribution in [0.15, 0.2) is 52.9 Å². The van der Waals surface area contributed by atoms with Crippen LogP contribution in [-0.4, -0.2) is 32.1 Å². The molecule has 0 spiro atoms. The van der Waals surface area contributed by atoms with Crippen LogP contribution in [0.1, 0.15) is 28.6 Å². The molecule has 0 bridgehead atoms. The van der Waals surface area contributed by atoms with Crippen LogP contribution in [0.5, 0.6) is 5.75 Å². The van der Waals surface area contributed by atoms with Gasteiger partial charge in [0.2, 0.25) is 0 Å². The first-order valence-corrected chi connectivity index (χ1v) is 9.59. The predicted molar refractivity (Wildman–Crippen MR) is 110 cm³/mol. The first-order valence-electron chi connectivity index (χ1n) is 9.59. The van der Waals surface area contributed by atoms with E-state index in [0.29, 0.717) is 41.1 Å². The van der Waals surface area contributed by atoms with Gasteiger partial charge in [-0.1, -0.05) is 30.3 Å². The Kier molecular flexibility index (Phi) is 6.54. The van der Waals surface area contributed by atoms with E-state index in [2.05, 4.69) is 5.32 Å². The highest BCUT2D eigenvalue weighted by Crippen LogP contribution is 2.29. The smallest absolute Gasteiger partial charge is 0.311 e. The van der Waals surface area contributed by atoms with Crippen molar-refractivity contribution < 1.29 is 23.5 Å². The topological polar surface area (TPSA) is 77.8 Å². The minimum absolute atomic E-state index is 0.169. The van der Waals surface area contributed by atoms with Gasteiger partial charge in [-0.05, 0) is 44.0 Å². The molecule has 1 amide bonds. The Labute approximate surface area is 169 Å². The molecule has 6 heteroatoms. The van der Waals surface area contributed by atoms with Gasteiger partial charge in [0.25, 0.3) is 5.91 Å². The number of esters is 1. The quantitative estimate of drug-likeness (QED) is 0.585. The van der Waals surface area contributed by atoms with E-state index in [1.807, 2.05) is 30.3 Å². The van der Waals surface area contributed by atoms with Gasteiger partial charge >= 0.3 is 5.97 Å². The summed E-state index contributed by atoms with van der Waals surface area (Å²) < 4.78 is 16.2. The van der Waals surface area contributed by atoms with Gasteiger partial charge in [-0.2, -0.15) is 0 Å². The van der Waals surface area contributed by atoms with Crippen molar-refractivity contribution in [1.29, 1.82) is 0 Å². The van der Waals surface area contributed by atoms with Gasteiger partial charge in [0.1, 0.15) is 17.1 Å². The number of nitrogens with one attached hydrogen (secondary N) is 1. The fraction of sp³-hybridized carbons (Fsp3) is 0.304. The SMILES string of the molecule is CCOC(=O)[C@H](CNC(=O)c1c(C)oc2ccc(OC)cc12)Cc1ccccc1. The van der Waals surface area contributed by atoms with Gasteiger partial charge in [-0.25, -0.2) is 0 Å². The van der Waals surface area contributed by atoms with Crippen molar-refractivity contribution >= 4 is 22.8 Å². The third-order valence-electron chi connectivity index (χ3n) is 4.75. The second-order valence-electron chi connectivity index (χ2n) is 6.74. The van der Waals surface area contributed by atoms with Gasteiger partial charge < -0.3 is 19.2 Å². The molecule has 1 atom stereocenters. The van der Waals surface area contributed by atoms with E-state index in [1.54, 1.807) is 39.2 Å². The van der Waals surface area contributed by atoms with Crippen molar-refractivity contribution in [2.45, 2.75) is 20.3 Å². The number of hydrogen-bond donors (Lipinski definition) is 1. The number of methoxy groups -OCH3 is 1. The Balaban J connectivity index is 1.78. The first-order chi connectivity index (χ1) is 14.0. The number of aryl methyl sites for hydroxylation is 1. The lowest BCUT2D eigenvalue weighted by Crippen LogP contribution is -2.35. The molecular weight excluding hydrogens is 370 g/mol. The van der Waals surface area contributed by atoms with Crippen molar-refractivity contribution in [2.75, 3.05) is 20.3 Å². The van der Waals surface area contributed by atoms with Crippen LogP contribution in [0, 0.1) is 12.8 Å². The molecule has 6 nitrogen and oxygen atoms in total. The molecule has 1 N–H and O–H groups in total. The lowest BCUT2D eigenvalue weighted by Gasteiger charge is -2.16. The van der Waals surface area contributed by atoms with E-state index in [9.17, 15) is 9.59 Å². The lowest BCUT2D eigenvalue weighted by molar-refractivity contribution is -0.147. The second-order valence-corrected chi connectivity index (χ2v) is 6.74. The number of furan rings is 1. The van der Waals surface area contributed by atoms with Crippen LogP contribution in [0.3, 0.4) is 0 Å². The average Bonchev–Trinajstić information content (AvgIpc) is 3.06. The van der Waals surface area contributed by atoms with Crippen molar-refractivity contribution in [2.24, 2.45) is 5.92 Å². The molecule has 0 aliphatic heterocycles. The number of hydrogen-bond acceptors (Lipinski definition) is 5. The Morgan fingerprint density at radius 2 is 1.90 bits per heavy atom. The monoisotopic (exact) mass is 395 g/mol. The number of carbonyl (C=O) groups is 2. The van der Waals surface area contributed by atoms with E-state index >= 15 is 0 Å². The normalized spacial score (nSPS) is 11.8. The molecular formula is C23H25NO5. The van der Waals surface area contributed by atoms with Gasteiger partial charge in [0.15, 0.2) is 0 Å². The van der Waals surface area contributed by atoms with Gasteiger partial charge in [-0.15, -0.1) is 0 Å². The molecule has 3 aromatic rings. The molecule has 0 radical (unpaired) electrons. The first kappa shape index (κ1) is 20.5. The standard InChI is InChI=1S/C23H25NO5/c1-4-28-23(26)17(12-16-8-6-5-7-9-16)14-24-22(25)21-15(2)29-20-11-10-18(27-3)13-19(20)21/h5-11,13,17H,4,12,14H2,1-3H3,(H,24,25)/t17-/m0/s1. The second kappa shape index (κ2) is 9.28. The van der Waals surface area contributed by atoms with Crippen LogP contribution < -0.4 is 10.1 Å². The maximum Gasteiger partial charge on any atom is 0.311 e. The summed E-state index contributed by atoms with van der Waals surface area (Å²) in [6.45, 7) is 3.98. The molecule has 0 saturated heterocycles. The average molecular weight is 395 g/mol. The van der Waals surface area contributed by atoms with E-state index in [0.717, 1.165) is 5.56 Å². The summed E-state index contributed by atoms with van der Waals surface area (Å²) >= 11 is 0. The maximum atomic E-state index is 12.9. The van der Waals surface area contributed by atoms with Crippen LogP contribution in [-0.2, 0) is 16.0 Å². The van der Waals surface area contributed by atoms with Gasteiger partial charge in [0.05, 0.1) is 25.2 Å². The number of ether oxygens (including phenoxy) is 2. The van der Waals surface area contributed by atoms with E-state index in [4.69, 9.17) is 13.9 Å². The number of carbonyl (C=O) groups excluding carboxylic acids is 2. The van der Waals surface area contributed by atoms with Crippen molar-refractivity contribution in [3.8, 4) is 5.75 Å². The van der Waals surface area contributed by atoms with Crippen LogP contribution in [0.25, 0.3) is 11.0 Å². The molecule has 0 saturated carbocycles. The summed E-state index contributed by atoms with van der Waals surface area (Å²) in [7, 11) is 1.57. The van der Waals surface area contributed by atoms with Crippen molar-refractivity contribution in [3.05, 3.63) is 65.4 Å². The minimum atomic E-state index is -0.477. The van der Waals surface area contributed by atoms with E-state index < -0.39 is 5.92 Å². The van der Waals surface area contributed by atoms with Crippen LogP contribution in [0.4, 0.5) is 0 Å². The molecule has 0 aliphatic carbocycles. The Bertz CT molecular complexity index is 993. The Hall–Kier alpha value is -3.28.